The van der Waals surface area contributed by atoms with Crippen molar-refractivity contribution in [2.75, 3.05) is 19.8 Å². The Morgan fingerprint density at radius 1 is 0.560 bits per heavy atom. The van der Waals surface area contributed by atoms with Crippen molar-refractivity contribution in [1.29, 1.82) is 0 Å². The highest BCUT2D eigenvalue weighted by molar-refractivity contribution is 5.69. The molecule has 0 aliphatic carbocycles. The third-order valence-corrected chi connectivity index (χ3v) is 4.62. The zero-order chi connectivity index (χ0) is 18.4. The van der Waals surface area contributed by atoms with Crippen LogP contribution >= 0.6 is 0 Å². The molecule has 150 valence electrons. The van der Waals surface area contributed by atoms with Gasteiger partial charge in [0.05, 0.1) is 6.61 Å². The van der Waals surface area contributed by atoms with E-state index in [0.717, 1.165) is 25.9 Å². The Morgan fingerprint density at radius 3 is 1.60 bits per heavy atom. The average molecular weight is 357 g/mol. The van der Waals surface area contributed by atoms with E-state index in [1.165, 1.54) is 77.0 Å². The van der Waals surface area contributed by atoms with E-state index in [1.807, 2.05) is 0 Å². The quantitative estimate of drug-likeness (QED) is 0.177. The maximum absolute atomic E-state index is 11.6. The second-order valence-electron chi connectivity index (χ2n) is 7.18. The van der Waals surface area contributed by atoms with Crippen molar-refractivity contribution < 1.29 is 14.3 Å². The van der Waals surface area contributed by atoms with Gasteiger partial charge in [-0.25, -0.2) is 0 Å². The Morgan fingerprint density at radius 2 is 1.04 bits per heavy atom. The van der Waals surface area contributed by atoms with Gasteiger partial charge in [-0.1, -0.05) is 97.3 Å². The van der Waals surface area contributed by atoms with Gasteiger partial charge in [0.15, 0.2) is 0 Å². The Balaban J connectivity index is 3.13. The molecule has 0 unspecified atom stereocenters. The molecule has 0 spiro atoms. The van der Waals surface area contributed by atoms with E-state index >= 15 is 0 Å². The number of ether oxygens (including phenoxy) is 2. The van der Waals surface area contributed by atoms with Crippen molar-refractivity contribution in [3.8, 4) is 0 Å². The van der Waals surface area contributed by atoms with Crippen molar-refractivity contribution in [1.82, 2.24) is 0 Å². The maximum Gasteiger partial charge on any atom is 0.305 e. The molecule has 0 aromatic heterocycles. The van der Waals surface area contributed by atoms with Crippen LogP contribution in [0.25, 0.3) is 0 Å². The number of hydrogen-bond donors (Lipinski definition) is 0. The lowest BCUT2D eigenvalue weighted by atomic mass is 10.1. The SMILES string of the molecule is CCCCCCCCCCCCCC(=O)OCCOCCCCCC. The van der Waals surface area contributed by atoms with Gasteiger partial charge in [0.25, 0.3) is 0 Å². The zero-order valence-corrected chi connectivity index (χ0v) is 17.2. The van der Waals surface area contributed by atoms with Gasteiger partial charge in [-0.05, 0) is 12.8 Å². The van der Waals surface area contributed by atoms with E-state index in [2.05, 4.69) is 13.8 Å². The molecule has 0 aromatic carbocycles. The molecule has 3 heteroatoms. The number of carbonyl (C=O) groups excluding carboxylic acids is 1. The Kier molecular flexibility index (Phi) is 21.0. The molecule has 0 heterocycles. The molecular weight excluding hydrogens is 312 g/mol. The van der Waals surface area contributed by atoms with E-state index in [-0.39, 0.29) is 5.97 Å². The van der Waals surface area contributed by atoms with Crippen LogP contribution in [0, 0.1) is 0 Å². The molecule has 0 N–H and O–H groups in total. The summed E-state index contributed by atoms with van der Waals surface area (Å²) in [5.74, 6) is -0.0643. The lowest BCUT2D eigenvalue weighted by molar-refractivity contribution is -0.145. The minimum atomic E-state index is -0.0643. The van der Waals surface area contributed by atoms with Crippen LogP contribution in [-0.4, -0.2) is 25.8 Å². The van der Waals surface area contributed by atoms with Crippen molar-refractivity contribution in [3.63, 3.8) is 0 Å². The minimum absolute atomic E-state index is 0.0643. The van der Waals surface area contributed by atoms with Gasteiger partial charge in [-0.15, -0.1) is 0 Å². The van der Waals surface area contributed by atoms with Gasteiger partial charge < -0.3 is 9.47 Å². The fourth-order valence-corrected chi connectivity index (χ4v) is 2.95. The summed E-state index contributed by atoms with van der Waals surface area (Å²) >= 11 is 0. The van der Waals surface area contributed by atoms with Crippen molar-refractivity contribution >= 4 is 5.97 Å². The first-order chi connectivity index (χ1) is 12.3. The normalized spacial score (nSPS) is 11.0. The molecular formula is C22H44O3. The van der Waals surface area contributed by atoms with Crippen LogP contribution in [0.1, 0.15) is 117 Å². The summed E-state index contributed by atoms with van der Waals surface area (Å²) in [7, 11) is 0. The molecule has 0 rings (SSSR count). The summed E-state index contributed by atoms with van der Waals surface area (Å²) in [4.78, 5) is 11.6. The maximum atomic E-state index is 11.6. The monoisotopic (exact) mass is 356 g/mol. The fourth-order valence-electron chi connectivity index (χ4n) is 2.95. The highest BCUT2D eigenvalue weighted by atomic mass is 16.6. The number of hydrogen-bond acceptors (Lipinski definition) is 3. The molecule has 3 nitrogen and oxygen atoms in total. The van der Waals surface area contributed by atoms with Crippen LogP contribution in [0.4, 0.5) is 0 Å². The first kappa shape index (κ1) is 24.4. The van der Waals surface area contributed by atoms with Crippen LogP contribution in [0.5, 0.6) is 0 Å². The minimum Gasteiger partial charge on any atom is -0.463 e. The first-order valence-corrected chi connectivity index (χ1v) is 11.0. The van der Waals surface area contributed by atoms with Gasteiger partial charge in [0, 0.05) is 13.0 Å². The highest BCUT2D eigenvalue weighted by Crippen LogP contribution is 2.12. The predicted octanol–water partition coefficient (Wildman–Crippen LogP) is 6.83. The Hall–Kier alpha value is -0.570. The van der Waals surface area contributed by atoms with Gasteiger partial charge in [-0.2, -0.15) is 0 Å². The molecule has 25 heavy (non-hydrogen) atoms. The predicted molar refractivity (Wildman–Crippen MR) is 107 cm³/mol. The molecule has 0 radical (unpaired) electrons. The Bertz CT molecular complexity index is 266. The lowest BCUT2D eigenvalue weighted by Crippen LogP contribution is -2.10. The van der Waals surface area contributed by atoms with Crippen molar-refractivity contribution in [2.24, 2.45) is 0 Å². The second kappa shape index (κ2) is 21.5. The first-order valence-electron chi connectivity index (χ1n) is 11.0. The largest absolute Gasteiger partial charge is 0.463 e. The molecule has 0 bridgehead atoms. The molecule has 0 saturated carbocycles. The topological polar surface area (TPSA) is 35.5 Å². The summed E-state index contributed by atoms with van der Waals surface area (Å²) in [5.41, 5.74) is 0. The number of carbonyl (C=O) groups is 1. The standard InChI is InChI=1S/C22H44O3/c1-3-5-7-9-10-11-12-13-14-15-16-18-22(23)25-21-20-24-19-17-8-6-4-2/h3-21H2,1-2H3. The number of esters is 1. The third-order valence-electron chi connectivity index (χ3n) is 4.62. The van der Waals surface area contributed by atoms with E-state index in [1.54, 1.807) is 0 Å². The molecule has 0 amide bonds. The van der Waals surface area contributed by atoms with E-state index in [4.69, 9.17) is 9.47 Å². The van der Waals surface area contributed by atoms with E-state index in [0.29, 0.717) is 19.6 Å². The smallest absolute Gasteiger partial charge is 0.305 e. The molecule has 0 saturated heterocycles. The molecule has 0 atom stereocenters. The van der Waals surface area contributed by atoms with Crippen molar-refractivity contribution in [3.05, 3.63) is 0 Å². The second-order valence-corrected chi connectivity index (χ2v) is 7.18. The third kappa shape index (κ3) is 21.4. The Labute approximate surface area is 157 Å². The summed E-state index contributed by atoms with van der Waals surface area (Å²) in [6, 6.07) is 0. The average Bonchev–Trinajstić information content (AvgIpc) is 2.62. The molecule has 0 aliphatic rings. The molecule has 0 fully saturated rings. The van der Waals surface area contributed by atoms with E-state index < -0.39 is 0 Å². The molecule has 0 aromatic rings. The summed E-state index contributed by atoms with van der Waals surface area (Å²) < 4.78 is 10.7. The van der Waals surface area contributed by atoms with Gasteiger partial charge in [0.1, 0.15) is 6.61 Å². The zero-order valence-electron chi connectivity index (χ0n) is 17.2. The van der Waals surface area contributed by atoms with E-state index in [9.17, 15) is 4.79 Å². The summed E-state index contributed by atoms with van der Waals surface area (Å²) in [6.45, 7) is 6.20. The highest BCUT2D eigenvalue weighted by Gasteiger charge is 2.02. The van der Waals surface area contributed by atoms with Gasteiger partial charge in [0.2, 0.25) is 0 Å². The number of unbranched alkanes of at least 4 members (excludes halogenated alkanes) is 13. The van der Waals surface area contributed by atoms with Crippen LogP contribution in [0.3, 0.4) is 0 Å². The summed E-state index contributed by atoms with van der Waals surface area (Å²) in [5, 5.41) is 0. The fraction of sp³-hybridized carbons (Fsp3) is 0.955. The van der Waals surface area contributed by atoms with Crippen LogP contribution in [0.2, 0.25) is 0 Å². The lowest BCUT2D eigenvalue weighted by Gasteiger charge is -2.06. The van der Waals surface area contributed by atoms with Crippen LogP contribution < -0.4 is 0 Å². The summed E-state index contributed by atoms with van der Waals surface area (Å²) in [6.07, 6.45) is 19.8. The van der Waals surface area contributed by atoms with Gasteiger partial charge in [-0.3, -0.25) is 4.79 Å². The molecule has 0 aliphatic heterocycles. The van der Waals surface area contributed by atoms with Crippen LogP contribution in [-0.2, 0) is 14.3 Å². The van der Waals surface area contributed by atoms with Gasteiger partial charge >= 0.3 is 5.97 Å². The van der Waals surface area contributed by atoms with Crippen molar-refractivity contribution in [2.45, 2.75) is 117 Å². The van der Waals surface area contributed by atoms with Crippen LogP contribution in [0.15, 0.2) is 0 Å². The number of rotatable bonds is 20.